The van der Waals surface area contributed by atoms with Crippen molar-refractivity contribution in [3.05, 3.63) is 53.0 Å². The summed E-state index contributed by atoms with van der Waals surface area (Å²) in [7, 11) is 0. The van der Waals surface area contributed by atoms with Crippen molar-refractivity contribution < 1.29 is 13.9 Å². The third kappa shape index (κ3) is 3.64. The van der Waals surface area contributed by atoms with E-state index in [4.69, 9.17) is 9.15 Å². The van der Waals surface area contributed by atoms with Crippen LogP contribution in [-0.2, 0) is 22.7 Å². The lowest BCUT2D eigenvalue weighted by atomic mass is 10.2. The number of thiophene rings is 1. The van der Waals surface area contributed by atoms with E-state index < -0.39 is 5.97 Å². The second-order valence-electron chi connectivity index (χ2n) is 5.18. The number of tetrazole rings is 1. The zero-order chi connectivity index (χ0) is 17.8. The number of benzene rings is 1. The monoisotopic (exact) mass is 368 g/mol. The molecule has 3 aromatic heterocycles. The van der Waals surface area contributed by atoms with Crippen LogP contribution in [0.1, 0.15) is 5.89 Å². The number of carbonyl (C=O) groups excluding carboxylic acids is 1. The lowest BCUT2D eigenvalue weighted by Gasteiger charge is -2.00. The van der Waals surface area contributed by atoms with Gasteiger partial charge in [0.15, 0.2) is 13.2 Å². The first-order valence-electron chi connectivity index (χ1n) is 7.62. The van der Waals surface area contributed by atoms with Gasteiger partial charge in [-0.3, -0.25) is 0 Å². The number of ether oxygens (including phenoxy) is 1. The molecule has 130 valence electrons. The third-order valence-corrected chi connectivity index (χ3v) is 4.03. The Kier molecular flexibility index (Phi) is 4.48. The molecule has 0 N–H and O–H groups in total. The highest BCUT2D eigenvalue weighted by molar-refractivity contribution is 7.08. The predicted molar refractivity (Wildman–Crippen MR) is 90.7 cm³/mol. The van der Waals surface area contributed by atoms with E-state index in [1.165, 1.54) is 16.1 Å². The maximum absolute atomic E-state index is 11.9. The Morgan fingerprint density at radius 3 is 2.81 bits per heavy atom. The molecule has 0 fully saturated rings. The molecule has 4 aromatic rings. The molecule has 3 heterocycles. The van der Waals surface area contributed by atoms with Gasteiger partial charge in [0.1, 0.15) is 0 Å². The highest BCUT2D eigenvalue weighted by Gasteiger charge is 2.13. The van der Waals surface area contributed by atoms with Gasteiger partial charge in [-0.2, -0.15) is 16.1 Å². The predicted octanol–water partition coefficient (Wildman–Crippen LogP) is 2.20. The van der Waals surface area contributed by atoms with E-state index in [1.54, 1.807) is 0 Å². The Morgan fingerprint density at radius 2 is 2.00 bits per heavy atom. The van der Waals surface area contributed by atoms with Crippen molar-refractivity contribution in [1.29, 1.82) is 0 Å². The summed E-state index contributed by atoms with van der Waals surface area (Å²) in [5, 5.41) is 23.5. The van der Waals surface area contributed by atoms with Crippen molar-refractivity contribution >= 4 is 17.3 Å². The first kappa shape index (κ1) is 16.1. The van der Waals surface area contributed by atoms with Crippen LogP contribution in [-0.4, -0.2) is 36.4 Å². The van der Waals surface area contributed by atoms with Crippen LogP contribution in [0.25, 0.3) is 22.8 Å². The topological polar surface area (TPSA) is 109 Å². The summed E-state index contributed by atoms with van der Waals surface area (Å²) in [6.45, 7) is -0.276. The van der Waals surface area contributed by atoms with Crippen molar-refractivity contribution in [2.24, 2.45) is 0 Å². The van der Waals surface area contributed by atoms with E-state index in [-0.39, 0.29) is 19.0 Å². The van der Waals surface area contributed by atoms with Crippen molar-refractivity contribution in [3.63, 3.8) is 0 Å². The maximum atomic E-state index is 11.9. The minimum atomic E-state index is -0.529. The Bertz CT molecular complexity index is 996. The average Bonchev–Trinajstić information content (AvgIpc) is 3.41. The zero-order valence-corrected chi connectivity index (χ0v) is 14.2. The molecule has 26 heavy (non-hydrogen) atoms. The van der Waals surface area contributed by atoms with E-state index >= 15 is 0 Å². The van der Waals surface area contributed by atoms with Crippen LogP contribution in [0.3, 0.4) is 0 Å². The van der Waals surface area contributed by atoms with Crippen molar-refractivity contribution in [3.8, 4) is 22.8 Å². The van der Waals surface area contributed by atoms with Gasteiger partial charge in [0, 0.05) is 16.5 Å². The molecule has 10 heteroatoms. The van der Waals surface area contributed by atoms with Crippen LogP contribution >= 0.6 is 11.3 Å². The van der Waals surface area contributed by atoms with Crippen LogP contribution < -0.4 is 0 Å². The fourth-order valence-electron chi connectivity index (χ4n) is 2.13. The molecule has 0 aliphatic rings. The van der Waals surface area contributed by atoms with Crippen LogP contribution in [0.4, 0.5) is 0 Å². The summed E-state index contributed by atoms with van der Waals surface area (Å²) in [5.74, 6) is 0.514. The number of hydrogen-bond acceptors (Lipinski definition) is 9. The second-order valence-corrected chi connectivity index (χ2v) is 5.96. The Morgan fingerprint density at radius 1 is 1.12 bits per heavy atom. The van der Waals surface area contributed by atoms with Crippen LogP contribution in [0, 0.1) is 0 Å². The Labute approximate surface area is 151 Å². The molecule has 0 spiro atoms. The molecule has 0 atom stereocenters. The first-order chi connectivity index (χ1) is 12.8. The smallest absolute Gasteiger partial charge is 0.330 e. The molecular formula is C16H12N6O3S. The van der Waals surface area contributed by atoms with E-state index in [0.717, 1.165) is 11.1 Å². The van der Waals surface area contributed by atoms with Crippen molar-refractivity contribution in [2.45, 2.75) is 13.2 Å². The standard InChI is InChI=1S/C16H12N6O3S/c23-14(8-22-20-15(18-21-22)12-6-7-26-10-12)24-9-13-17-19-16(25-13)11-4-2-1-3-5-11/h1-7,10H,8-9H2. The van der Waals surface area contributed by atoms with Gasteiger partial charge in [0.2, 0.25) is 11.7 Å². The molecule has 1 aromatic carbocycles. The van der Waals surface area contributed by atoms with Gasteiger partial charge >= 0.3 is 5.97 Å². The van der Waals surface area contributed by atoms with Crippen molar-refractivity contribution in [2.75, 3.05) is 0 Å². The Balaban J connectivity index is 1.32. The van der Waals surface area contributed by atoms with Crippen LogP contribution in [0.2, 0.25) is 0 Å². The number of hydrogen-bond donors (Lipinski definition) is 0. The molecule has 0 bridgehead atoms. The molecule has 0 unspecified atom stereocenters. The minimum absolute atomic E-state index is 0.120. The lowest BCUT2D eigenvalue weighted by molar-refractivity contribution is -0.146. The summed E-state index contributed by atoms with van der Waals surface area (Å²) in [6.07, 6.45) is 0. The molecule has 0 aliphatic heterocycles. The largest absolute Gasteiger partial charge is 0.454 e. The molecule has 4 rings (SSSR count). The second kappa shape index (κ2) is 7.23. The van der Waals surface area contributed by atoms with E-state index in [2.05, 4.69) is 25.6 Å². The van der Waals surface area contributed by atoms with Gasteiger partial charge in [0.25, 0.3) is 5.89 Å². The van der Waals surface area contributed by atoms with Gasteiger partial charge in [-0.05, 0) is 28.8 Å². The summed E-state index contributed by atoms with van der Waals surface area (Å²) < 4.78 is 10.6. The summed E-state index contributed by atoms with van der Waals surface area (Å²) in [4.78, 5) is 13.1. The Hall–Kier alpha value is -3.40. The summed E-state index contributed by atoms with van der Waals surface area (Å²) in [5.41, 5.74) is 1.65. The number of aromatic nitrogens is 6. The maximum Gasteiger partial charge on any atom is 0.330 e. The van der Waals surface area contributed by atoms with Crippen LogP contribution in [0.15, 0.2) is 51.6 Å². The SMILES string of the molecule is O=C(Cn1nnc(-c2ccsc2)n1)OCc1nnc(-c2ccccc2)o1. The number of nitrogens with zero attached hydrogens (tertiary/aromatic N) is 6. The highest BCUT2D eigenvalue weighted by Crippen LogP contribution is 2.18. The van der Waals surface area contributed by atoms with E-state index in [1.807, 2.05) is 47.2 Å². The van der Waals surface area contributed by atoms with E-state index in [0.29, 0.717) is 11.7 Å². The first-order valence-corrected chi connectivity index (χ1v) is 8.56. The molecule has 0 radical (unpaired) electrons. The van der Waals surface area contributed by atoms with Gasteiger partial charge < -0.3 is 9.15 Å². The summed E-state index contributed by atoms with van der Waals surface area (Å²) in [6, 6.07) is 11.2. The highest BCUT2D eigenvalue weighted by atomic mass is 32.1. The summed E-state index contributed by atoms with van der Waals surface area (Å²) >= 11 is 1.53. The van der Waals surface area contributed by atoms with Gasteiger partial charge in [-0.15, -0.1) is 20.4 Å². The minimum Gasteiger partial charge on any atom is -0.454 e. The lowest BCUT2D eigenvalue weighted by Crippen LogP contribution is -2.15. The molecule has 0 aliphatic carbocycles. The van der Waals surface area contributed by atoms with Gasteiger partial charge in [-0.25, -0.2) is 4.79 Å². The molecule has 0 saturated heterocycles. The van der Waals surface area contributed by atoms with Crippen LogP contribution in [0.5, 0.6) is 0 Å². The fraction of sp³-hybridized carbons (Fsp3) is 0.125. The van der Waals surface area contributed by atoms with Gasteiger partial charge in [-0.1, -0.05) is 18.2 Å². The quantitative estimate of drug-likeness (QED) is 0.477. The van der Waals surface area contributed by atoms with E-state index in [9.17, 15) is 4.79 Å². The molecule has 9 nitrogen and oxygen atoms in total. The van der Waals surface area contributed by atoms with Crippen molar-refractivity contribution in [1.82, 2.24) is 30.4 Å². The number of rotatable bonds is 6. The van der Waals surface area contributed by atoms with Gasteiger partial charge in [0.05, 0.1) is 0 Å². The third-order valence-electron chi connectivity index (χ3n) is 3.35. The number of carbonyl (C=O) groups is 1. The number of esters is 1. The zero-order valence-electron chi connectivity index (χ0n) is 13.3. The average molecular weight is 368 g/mol. The molecular weight excluding hydrogens is 356 g/mol. The normalized spacial score (nSPS) is 10.8. The fourth-order valence-corrected chi connectivity index (χ4v) is 2.76. The molecule has 0 saturated carbocycles. The molecule has 0 amide bonds.